The van der Waals surface area contributed by atoms with Gasteiger partial charge in [-0.1, -0.05) is 12.1 Å². The predicted octanol–water partition coefficient (Wildman–Crippen LogP) is 4.60. The zero-order chi connectivity index (χ0) is 21.1. The minimum Gasteiger partial charge on any atom is -0.372 e. The summed E-state index contributed by atoms with van der Waals surface area (Å²) in [5, 5.41) is 4.11. The number of halogens is 1. The van der Waals surface area contributed by atoms with Gasteiger partial charge >= 0.3 is 0 Å². The minimum atomic E-state index is -0.284. The molecule has 0 spiro atoms. The molecule has 0 radical (unpaired) electrons. The highest BCUT2D eigenvalue weighted by atomic mass is 19.1. The first-order valence-corrected chi connectivity index (χ1v) is 10.2. The van der Waals surface area contributed by atoms with Crippen LogP contribution in [0, 0.1) is 19.7 Å². The fourth-order valence-corrected chi connectivity index (χ4v) is 3.95. The quantitative estimate of drug-likeness (QED) is 0.499. The number of hydrogen-bond acceptors (Lipinski definition) is 3. The third-order valence-corrected chi connectivity index (χ3v) is 5.53. The molecule has 1 saturated heterocycles. The van der Waals surface area contributed by atoms with Crippen LogP contribution in [0.25, 0.3) is 5.69 Å². The van der Waals surface area contributed by atoms with Gasteiger partial charge in [0.15, 0.2) is 0 Å². The van der Waals surface area contributed by atoms with Crippen molar-refractivity contribution >= 4 is 17.8 Å². The molecule has 1 N–H and O–H groups in total. The molecule has 0 bridgehead atoms. The first-order valence-electron chi connectivity index (χ1n) is 10.2. The Morgan fingerprint density at radius 3 is 2.47 bits per heavy atom. The Morgan fingerprint density at radius 2 is 1.77 bits per heavy atom. The highest BCUT2D eigenvalue weighted by molar-refractivity contribution is 5.95. The lowest BCUT2D eigenvalue weighted by Gasteiger charge is -2.17. The number of para-hydroxylation sites is 1. The number of hydrazone groups is 1. The van der Waals surface area contributed by atoms with Crippen molar-refractivity contribution in [3.8, 4) is 5.69 Å². The van der Waals surface area contributed by atoms with Gasteiger partial charge in [0, 0.05) is 41.3 Å². The van der Waals surface area contributed by atoms with Crippen LogP contribution in [-0.4, -0.2) is 29.8 Å². The van der Waals surface area contributed by atoms with Gasteiger partial charge in [0.2, 0.25) is 0 Å². The van der Waals surface area contributed by atoms with E-state index in [9.17, 15) is 9.18 Å². The second kappa shape index (κ2) is 8.53. The van der Waals surface area contributed by atoms with Crippen molar-refractivity contribution in [2.45, 2.75) is 26.7 Å². The molecule has 0 atom stereocenters. The molecule has 1 amide bonds. The van der Waals surface area contributed by atoms with Crippen LogP contribution < -0.4 is 10.3 Å². The van der Waals surface area contributed by atoms with Crippen LogP contribution in [0.15, 0.2) is 59.7 Å². The van der Waals surface area contributed by atoms with Gasteiger partial charge in [-0.25, -0.2) is 9.82 Å². The molecule has 1 fully saturated rings. The van der Waals surface area contributed by atoms with Gasteiger partial charge in [0.1, 0.15) is 5.82 Å². The molecule has 0 unspecified atom stereocenters. The number of hydrogen-bond donors (Lipinski definition) is 1. The van der Waals surface area contributed by atoms with Gasteiger partial charge in [0.25, 0.3) is 5.91 Å². The van der Waals surface area contributed by atoms with Gasteiger partial charge in [-0.2, -0.15) is 5.10 Å². The third kappa shape index (κ3) is 3.99. The van der Waals surface area contributed by atoms with Gasteiger partial charge in [-0.15, -0.1) is 0 Å². The molecule has 1 aromatic heterocycles. The molecule has 0 aliphatic carbocycles. The van der Waals surface area contributed by atoms with E-state index in [1.165, 1.54) is 18.9 Å². The normalized spacial score (nSPS) is 13.9. The lowest BCUT2D eigenvalue weighted by atomic mass is 10.2. The van der Waals surface area contributed by atoms with Crippen LogP contribution in [0.3, 0.4) is 0 Å². The van der Waals surface area contributed by atoms with Crippen LogP contribution in [0.2, 0.25) is 0 Å². The van der Waals surface area contributed by atoms with E-state index in [1.54, 1.807) is 24.4 Å². The number of carbonyl (C=O) groups is 1. The number of nitrogens with zero attached hydrogens (tertiary/aromatic N) is 3. The van der Waals surface area contributed by atoms with Crippen molar-refractivity contribution in [2.75, 3.05) is 18.0 Å². The van der Waals surface area contributed by atoms with E-state index in [1.807, 2.05) is 48.7 Å². The smallest absolute Gasteiger partial charge is 0.271 e. The van der Waals surface area contributed by atoms with Crippen LogP contribution in [0.5, 0.6) is 0 Å². The summed E-state index contributed by atoms with van der Waals surface area (Å²) >= 11 is 0. The van der Waals surface area contributed by atoms with Crippen LogP contribution >= 0.6 is 0 Å². The number of aryl methyl sites for hydroxylation is 1. The number of anilines is 1. The largest absolute Gasteiger partial charge is 0.372 e. The van der Waals surface area contributed by atoms with E-state index >= 15 is 0 Å². The second-order valence-corrected chi connectivity index (χ2v) is 7.55. The van der Waals surface area contributed by atoms with E-state index in [0.717, 1.165) is 35.7 Å². The number of rotatable bonds is 5. The lowest BCUT2D eigenvalue weighted by Crippen LogP contribution is -2.19. The number of aromatic nitrogens is 1. The van der Waals surface area contributed by atoms with Crippen molar-refractivity contribution in [3.63, 3.8) is 0 Å². The monoisotopic (exact) mass is 404 g/mol. The summed E-state index contributed by atoms with van der Waals surface area (Å²) in [6.45, 7) is 5.96. The van der Waals surface area contributed by atoms with Crippen molar-refractivity contribution in [3.05, 3.63) is 82.9 Å². The molecule has 2 heterocycles. The molecular weight excluding hydrogens is 379 g/mol. The maximum absolute atomic E-state index is 14.2. The highest BCUT2D eigenvalue weighted by Crippen LogP contribution is 2.22. The zero-order valence-corrected chi connectivity index (χ0v) is 17.2. The number of amides is 1. The second-order valence-electron chi connectivity index (χ2n) is 7.55. The van der Waals surface area contributed by atoms with E-state index in [2.05, 4.69) is 15.4 Å². The summed E-state index contributed by atoms with van der Waals surface area (Å²) in [6.07, 6.45) is 4.03. The summed E-state index contributed by atoms with van der Waals surface area (Å²) < 4.78 is 16.0. The Bertz CT molecular complexity index is 1080. The average Bonchev–Trinajstić information content (AvgIpc) is 3.38. The number of carbonyl (C=O) groups excluding carboxylic acids is 1. The fraction of sp³-hybridized carbons (Fsp3) is 0.250. The molecule has 154 valence electrons. The Hall–Kier alpha value is -3.41. The fourth-order valence-electron chi connectivity index (χ4n) is 3.95. The summed E-state index contributed by atoms with van der Waals surface area (Å²) in [5.41, 5.74) is 7.34. The van der Waals surface area contributed by atoms with Crippen LogP contribution in [-0.2, 0) is 0 Å². The highest BCUT2D eigenvalue weighted by Gasteiger charge is 2.14. The number of nitrogens with one attached hydrogen (secondary N) is 1. The number of benzene rings is 2. The molecule has 0 saturated carbocycles. The molecule has 1 aliphatic rings. The maximum atomic E-state index is 14.2. The molecular formula is C24H25FN4O. The van der Waals surface area contributed by atoms with Gasteiger partial charge < -0.3 is 9.47 Å². The predicted molar refractivity (Wildman–Crippen MR) is 118 cm³/mol. The molecule has 2 aromatic carbocycles. The Morgan fingerprint density at radius 1 is 1.07 bits per heavy atom. The average molecular weight is 404 g/mol. The maximum Gasteiger partial charge on any atom is 0.271 e. The first kappa shape index (κ1) is 19.9. The molecule has 1 aliphatic heterocycles. The standard InChI is InChI=1S/C24H25FN4O/c1-17-15-20(18(2)29(17)23-8-4-3-7-22(23)25)16-26-27-24(30)19-9-11-21(12-10-19)28-13-5-6-14-28/h3-4,7-12,15-16H,5-6,13-14H2,1-2H3,(H,27,30)/b26-16-. The topological polar surface area (TPSA) is 49.6 Å². The van der Waals surface area contributed by atoms with Crippen LogP contribution in [0.4, 0.5) is 10.1 Å². The molecule has 30 heavy (non-hydrogen) atoms. The summed E-state index contributed by atoms with van der Waals surface area (Å²) in [4.78, 5) is 14.7. The van der Waals surface area contributed by atoms with Crippen molar-refractivity contribution in [2.24, 2.45) is 5.10 Å². The van der Waals surface area contributed by atoms with Crippen molar-refractivity contribution in [1.82, 2.24) is 9.99 Å². The van der Waals surface area contributed by atoms with E-state index < -0.39 is 0 Å². The molecule has 3 aromatic rings. The van der Waals surface area contributed by atoms with Crippen molar-refractivity contribution < 1.29 is 9.18 Å². The Labute approximate surface area is 175 Å². The summed E-state index contributed by atoms with van der Waals surface area (Å²) in [7, 11) is 0. The van der Waals surface area contributed by atoms with E-state index in [-0.39, 0.29) is 11.7 Å². The van der Waals surface area contributed by atoms with Gasteiger partial charge in [-0.05, 0) is 69.2 Å². The zero-order valence-electron chi connectivity index (χ0n) is 17.2. The summed E-state index contributed by atoms with van der Waals surface area (Å²) in [6, 6.07) is 16.2. The minimum absolute atomic E-state index is 0.262. The van der Waals surface area contributed by atoms with E-state index in [0.29, 0.717) is 11.3 Å². The summed E-state index contributed by atoms with van der Waals surface area (Å²) in [5.74, 6) is -0.546. The Kier molecular flexibility index (Phi) is 5.65. The van der Waals surface area contributed by atoms with E-state index in [4.69, 9.17) is 0 Å². The van der Waals surface area contributed by atoms with Gasteiger partial charge in [0.05, 0.1) is 11.9 Å². The molecule has 5 nitrogen and oxygen atoms in total. The van der Waals surface area contributed by atoms with Crippen LogP contribution in [0.1, 0.15) is 40.2 Å². The molecule has 6 heteroatoms. The van der Waals surface area contributed by atoms with Gasteiger partial charge in [-0.3, -0.25) is 4.79 Å². The third-order valence-electron chi connectivity index (χ3n) is 5.53. The SMILES string of the molecule is Cc1cc(/C=N\NC(=O)c2ccc(N3CCCC3)cc2)c(C)n1-c1ccccc1F. The molecule has 4 rings (SSSR count). The lowest BCUT2D eigenvalue weighted by molar-refractivity contribution is 0.0955. The Balaban J connectivity index is 1.45. The first-order chi connectivity index (χ1) is 14.5. The van der Waals surface area contributed by atoms with Crippen molar-refractivity contribution in [1.29, 1.82) is 0 Å².